The lowest BCUT2D eigenvalue weighted by molar-refractivity contribution is 0.104. The van der Waals surface area contributed by atoms with Crippen molar-refractivity contribution in [3.63, 3.8) is 0 Å². The van der Waals surface area contributed by atoms with Gasteiger partial charge in [-0.15, -0.1) is 6.58 Å². The Hall–Kier alpha value is -3.01. The first-order valence-corrected chi connectivity index (χ1v) is 8.30. The van der Waals surface area contributed by atoms with Gasteiger partial charge in [0, 0.05) is 33.9 Å². The Morgan fingerprint density at radius 1 is 1.08 bits per heavy atom. The number of ether oxygens (including phenoxy) is 2. The van der Waals surface area contributed by atoms with E-state index in [0.717, 1.165) is 11.1 Å². The van der Waals surface area contributed by atoms with Crippen LogP contribution < -0.4 is 15.2 Å². The number of carbonyl (C=O) groups is 1. The first-order valence-electron chi connectivity index (χ1n) is 8.30. The number of nitrogens with two attached hydrogens (primary N) is 1. The van der Waals surface area contributed by atoms with Crippen molar-refractivity contribution in [3.8, 4) is 11.5 Å². The molecule has 0 atom stereocenters. The van der Waals surface area contributed by atoms with Crippen molar-refractivity contribution in [3.05, 3.63) is 71.8 Å². The molecule has 0 saturated heterocycles. The fraction of sp³-hybridized carbons (Fsp3) is 0.227. The molecular weight excluding hydrogens is 326 g/mol. The Labute approximate surface area is 154 Å². The molecular formula is C22H25NO3. The summed E-state index contributed by atoms with van der Waals surface area (Å²) in [7, 11) is 3.21. The quantitative estimate of drug-likeness (QED) is 0.341. The van der Waals surface area contributed by atoms with Gasteiger partial charge in [0.25, 0.3) is 0 Å². The molecule has 0 aromatic heterocycles. The van der Waals surface area contributed by atoms with Crippen LogP contribution in [0.1, 0.15) is 35.3 Å². The molecule has 0 fully saturated rings. The number of allylic oxidation sites excluding steroid dienone is 2. The van der Waals surface area contributed by atoms with Gasteiger partial charge in [0.2, 0.25) is 0 Å². The normalized spacial score (nSPS) is 11.4. The van der Waals surface area contributed by atoms with Crippen LogP contribution in [0, 0.1) is 0 Å². The summed E-state index contributed by atoms with van der Waals surface area (Å²) in [4.78, 5) is 12.4. The fourth-order valence-corrected chi connectivity index (χ4v) is 2.58. The van der Waals surface area contributed by atoms with Gasteiger partial charge in [0.15, 0.2) is 5.78 Å². The SMILES string of the molecule is C=CC(C)(C)c1cc(C=CC(=O)c2ccc(N)cc2)c(OC)cc1OC. The molecule has 2 aromatic carbocycles. The minimum Gasteiger partial charge on any atom is -0.496 e. The smallest absolute Gasteiger partial charge is 0.185 e. The summed E-state index contributed by atoms with van der Waals surface area (Å²) in [6.45, 7) is 8.01. The molecule has 0 aliphatic rings. The number of rotatable bonds is 7. The summed E-state index contributed by atoms with van der Waals surface area (Å²) in [5.74, 6) is 1.24. The lowest BCUT2D eigenvalue weighted by Crippen LogP contribution is -2.15. The van der Waals surface area contributed by atoms with Crippen LogP contribution in [-0.4, -0.2) is 20.0 Å². The molecule has 2 N–H and O–H groups in total. The maximum absolute atomic E-state index is 12.4. The van der Waals surface area contributed by atoms with Gasteiger partial charge < -0.3 is 15.2 Å². The molecule has 0 amide bonds. The first kappa shape index (κ1) is 19.3. The van der Waals surface area contributed by atoms with Gasteiger partial charge in [0.05, 0.1) is 14.2 Å². The summed E-state index contributed by atoms with van der Waals surface area (Å²) >= 11 is 0. The second-order valence-electron chi connectivity index (χ2n) is 6.54. The number of anilines is 1. The lowest BCUT2D eigenvalue weighted by atomic mass is 9.83. The van der Waals surface area contributed by atoms with E-state index in [2.05, 4.69) is 20.4 Å². The van der Waals surface area contributed by atoms with Gasteiger partial charge >= 0.3 is 0 Å². The summed E-state index contributed by atoms with van der Waals surface area (Å²) in [5.41, 5.74) is 8.33. The molecule has 4 nitrogen and oxygen atoms in total. The maximum Gasteiger partial charge on any atom is 0.185 e. The third-order valence-electron chi connectivity index (χ3n) is 4.37. The summed E-state index contributed by atoms with van der Waals surface area (Å²) in [6.07, 6.45) is 5.14. The molecule has 4 heteroatoms. The molecule has 0 aliphatic heterocycles. The lowest BCUT2D eigenvalue weighted by Gasteiger charge is -2.24. The molecule has 26 heavy (non-hydrogen) atoms. The van der Waals surface area contributed by atoms with Gasteiger partial charge in [-0.05, 0) is 42.5 Å². The number of benzene rings is 2. The van der Waals surface area contributed by atoms with Crippen LogP contribution in [0.25, 0.3) is 6.08 Å². The van der Waals surface area contributed by atoms with Crippen molar-refractivity contribution in [1.29, 1.82) is 0 Å². The standard InChI is InChI=1S/C22H25NO3/c1-6-22(2,3)18-13-16(20(25-4)14-21(18)26-5)9-12-19(24)15-7-10-17(23)11-8-15/h6-14H,1,23H2,2-5H3. The van der Waals surface area contributed by atoms with Crippen LogP contribution in [0.2, 0.25) is 0 Å². The molecule has 136 valence electrons. The number of ketones is 1. The maximum atomic E-state index is 12.4. The van der Waals surface area contributed by atoms with E-state index in [9.17, 15) is 4.79 Å². The molecule has 0 unspecified atom stereocenters. The zero-order valence-corrected chi connectivity index (χ0v) is 15.7. The fourth-order valence-electron chi connectivity index (χ4n) is 2.58. The zero-order chi connectivity index (χ0) is 19.3. The van der Waals surface area contributed by atoms with E-state index in [1.807, 2.05) is 18.2 Å². The van der Waals surface area contributed by atoms with E-state index >= 15 is 0 Å². The van der Waals surface area contributed by atoms with Gasteiger partial charge in [-0.25, -0.2) is 0 Å². The van der Waals surface area contributed by atoms with Crippen molar-refractivity contribution in [2.75, 3.05) is 20.0 Å². The molecule has 0 radical (unpaired) electrons. The van der Waals surface area contributed by atoms with Gasteiger partial charge in [-0.1, -0.05) is 19.9 Å². The van der Waals surface area contributed by atoms with Crippen molar-refractivity contribution in [2.24, 2.45) is 0 Å². The minimum atomic E-state index is -0.291. The van der Waals surface area contributed by atoms with Crippen LogP contribution >= 0.6 is 0 Å². The number of carbonyl (C=O) groups excluding carboxylic acids is 1. The Balaban J connectivity index is 2.44. The Morgan fingerprint density at radius 2 is 1.69 bits per heavy atom. The Kier molecular flexibility index (Phi) is 5.88. The second-order valence-corrected chi connectivity index (χ2v) is 6.54. The first-order chi connectivity index (χ1) is 12.3. The second kappa shape index (κ2) is 7.91. The highest BCUT2D eigenvalue weighted by molar-refractivity contribution is 6.07. The minimum absolute atomic E-state index is 0.104. The summed E-state index contributed by atoms with van der Waals surface area (Å²) in [5, 5.41) is 0. The van der Waals surface area contributed by atoms with Crippen molar-refractivity contribution >= 4 is 17.5 Å². The highest BCUT2D eigenvalue weighted by Crippen LogP contribution is 2.38. The highest BCUT2D eigenvalue weighted by atomic mass is 16.5. The molecule has 0 aliphatic carbocycles. The molecule has 0 heterocycles. The van der Waals surface area contributed by atoms with Crippen LogP contribution in [0.15, 0.2) is 55.1 Å². The highest BCUT2D eigenvalue weighted by Gasteiger charge is 2.23. The molecule has 0 saturated carbocycles. The van der Waals surface area contributed by atoms with Crippen LogP contribution in [-0.2, 0) is 5.41 Å². The van der Waals surface area contributed by atoms with E-state index in [0.29, 0.717) is 22.7 Å². The van der Waals surface area contributed by atoms with Crippen molar-refractivity contribution in [1.82, 2.24) is 0 Å². The van der Waals surface area contributed by atoms with Crippen LogP contribution in [0.5, 0.6) is 11.5 Å². The van der Waals surface area contributed by atoms with E-state index in [1.54, 1.807) is 44.6 Å². The van der Waals surface area contributed by atoms with E-state index < -0.39 is 0 Å². The molecule has 0 bridgehead atoms. The van der Waals surface area contributed by atoms with E-state index in [4.69, 9.17) is 15.2 Å². The summed E-state index contributed by atoms with van der Waals surface area (Å²) < 4.78 is 11.0. The molecule has 2 rings (SSSR count). The average molecular weight is 351 g/mol. The zero-order valence-electron chi connectivity index (χ0n) is 15.7. The molecule has 2 aromatic rings. The van der Waals surface area contributed by atoms with Crippen LogP contribution in [0.3, 0.4) is 0 Å². The van der Waals surface area contributed by atoms with Crippen molar-refractivity contribution in [2.45, 2.75) is 19.3 Å². The Morgan fingerprint density at radius 3 is 2.23 bits per heavy atom. The topological polar surface area (TPSA) is 61.6 Å². The van der Waals surface area contributed by atoms with Crippen molar-refractivity contribution < 1.29 is 14.3 Å². The third-order valence-corrected chi connectivity index (χ3v) is 4.37. The third kappa shape index (κ3) is 4.14. The summed E-state index contributed by atoms with van der Waals surface area (Å²) in [6, 6.07) is 10.6. The monoisotopic (exact) mass is 351 g/mol. The number of nitrogen functional groups attached to an aromatic ring is 1. The van der Waals surface area contributed by atoms with Gasteiger partial charge in [-0.2, -0.15) is 0 Å². The predicted octanol–water partition coefficient (Wildman–Crippen LogP) is 4.65. The number of hydrogen-bond acceptors (Lipinski definition) is 4. The number of hydrogen-bond donors (Lipinski definition) is 1. The van der Waals surface area contributed by atoms with Gasteiger partial charge in [-0.3, -0.25) is 4.79 Å². The largest absolute Gasteiger partial charge is 0.496 e. The predicted molar refractivity (Wildman–Crippen MR) is 107 cm³/mol. The van der Waals surface area contributed by atoms with Crippen LogP contribution in [0.4, 0.5) is 5.69 Å². The molecule has 0 spiro atoms. The average Bonchev–Trinajstić information content (AvgIpc) is 2.65. The van der Waals surface area contributed by atoms with E-state index in [-0.39, 0.29) is 11.2 Å². The number of methoxy groups -OCH3 is 2. The Bertz CT molecular complexity index is 833. The van der Waals surface area contributed by atoms with Gasteiger partial charge in [0.1, 0.15) is 11.5 Å². The van der Waals surface area contributed by atoms with E-state index in [1.165, 1.54) is 6.08 Å².